The number of aliphatic hydroxyl groups is 26. The molecule has 0 saturated carbocycles. The predicted octanol–water partition coefficient (Wildman–Crippen LogP) is -21.1. The second-order valence-electron chi connectivity index (χ2n) is 31.7. The molecule has 31 N–H and O–H groups in total. The van der Waals surface area contributed by atoms with Gasteiger partial charge in [0.2, 0.25) is 29.5 Å². The van der Waals surface area contributed by atoms with E-state index < -0.39 is 396 Å². The fraction of sp³-hybridized carbons (Fsp3) is 0.929. The van der Waals surface area contributed by atoms with E-state index in [-0.39, 0.29) is 0 Å². The largest absolute Gasteiger partial charge is 0.394 e. The van der Waals surface area contributed by atoms with Gasteiger partial charge in [0.15, 0.2) is 62.9 Å². The van der Waals surface area contributed by atoms with Gasteiger partial charge < -0.3 is 249 Å². The maximum absolute atomic E-state index is 13.3. The molecule has 10 heterocycles. The van der Waals surface area contributed by atoms with E-state index in [0.29, 0.717) is 0 Å². The summed E-state index contributed by atoms with van der Waals surface area (Å²) in [6.07, 6.45) is -94.3. The molecule has 0 radical (unpaired) electrons. The lowest BCUT2D eigenvalue weighted by atomic mass is 9.93. The highest BCUT2D eigenvalue weighted by Crippen LogP contribution is 2.41. The predicted molar refractivity (Wildman–Crippen MR) is 386 cm³/mol. The van der Waals surface area contributed by atoms with Crippen LogP contribution in [-0.2, 0) is 114 Å². The number of ether oxygens (including phenoxy) is 19. The Morgan fingerprint density at radius 1 is 0.224 bits per heavy atom. The van der Waals surface area contributed by atoms with Gasteiger partial charge in [-0.15, -0.1) is 0 Å². The zero-order chi connectivity index (χ0) is 92.1. The van der Waals surface area contributed by atoms with E-state index in [1.165, 1.54) is 6.92 Å². The van der Waals surface area contributed by atoms with E-state index >= 15 is 0 Å². The van der Waals surface area contributed by atoms with Gasteiger partial charge in [-0.25, -0.2) is 0 Å². The van der Waals surface area contributed by atoms with Crippen molar-refractivity contribution in [1.82, 2.24) is 26.6 Å². The molecule has 125 heavy (non-hydrogen) atoms. The highest BCUT2D eigenvalue weighted by Gasteiger charge is 2.62. The number of rotatable bonds is 32. The van der Waals surface area contributed by atoms with Gasteiger partial charge in [0.25, 0.3) is 0 Å². The third-order valence-corrected chi connectivity index (χ3v) is 22.8. The summed E-state index contributed by atoms with van der Waals surface area (Å²) in [7, 11) is 0. The van der Waals surface area contributed by atoms with Crippen molar-refractivity contribution in [2.45, 2.75) is 348 Å². The normalized spacial score (nSPS) is 48.7. The van der Waals surface area contributed by atoms with Crippen LogP contribution in [0.15, 0.2) is 0 Å². The maximum atomic E-state index is 13.3. The van der Waals surface area contributed by atoms with Gasteiger partial charge in [0.05, 0.1) is 65.6 Å². The molecule has 5 amide bonds. The summed E-state index contributed by atoms with van der Waals surface area (Å²) in [6, 6.07) is -9.48. The van der Waals surface area contributed by atoms with Crippen molar-refractivity contribution in [1.29, 1.82) is 0 Å². The molecule has 0 aromatic heterocycles. The molecule has 10 aliphatic heterocycles. The number of amides is 5. The zero-order valence-electron chi connectivity index (χ0n) is 67.7. The lowest BCUT2D eigenvalue weighted by Crippen LogP contribution is -2.71. The maximum Gasteiger partial charge on any atom is 0.217 e. The molecule has 1 unspecified atom stereocenters. The molecular weight excluding hydrogens is 1710 g/mol. The molecule has 0 aromatic rings. The molecule has 0 spiro atoms. The molecular formula is C70H117N5O50. The first-order valence-electron chi connectivity index (χ1n) is 40.0. The van der Waals surface area contributed by atoms with Gasteiger partial charge in [-0.2, -0.15) is 0 Å². The number of hydrogen-bond donors (Lipinski definition) is 31. The molecule has 0 aliphatic carbocycles. The summed E-state index contributed by atoms with van der Waals surface area (Å²) in [4.78, 5) is 64.4. The van der Waals surface area contributed by atoms with Crippen molar-refractivity contribution >= 4 is 29.5 Å². The minimum Gasteiger partial charge on any atom is -0.394 e. The fourth-order valence-electron chi connectivity index (χ4n) is 16.2. The Kier molecular flexibility index (Phi) is 36.8. The zero-order valence-corrected chi connectivity index (χ0v) is 67.7. The van der Waals surface area contributed by atoms with Crippen LogP contribution in [0.25, 0.3) is 0 Å². The van der Waals surface area contributed by atoms with E-state index in [9.17, 15) is 157 Å². The Morgan fingerprint density at radius 2 is 0.520 bits per heavy atom. The first-order valence-corrected chi connectivity index (χ1v) is 40.0. The van der Waals surface area contributed by atoms with Crippen molar-refractivity contribution in [3.05, 3.63) is 0 Å². The average Bonchev–Trinajstić information content (AvgIpc) is 0.766. The lowest BCUT2D eigenvalue weighted by Gasteiger charge is -2.51. The van der Waals surface area contributed by atoms with Crippen LogP contribution < -0.4 is 26.6 Å². The summed E-state index contributed by atoms with van der Waals surface area (Å²) in [5, 5.41) is 304. The Hall–Kier alpha value is -4.45. The number of aliphatic hydroxyl groups excluding tert-OH is 26. The molecule has 0 bridgehead atoms. The van der Waals surface area contributed by atoms with Crippen LogP contribution in [0.5, 0.6) is 0 Å². The van der Waals surface area contributed by atoms with Gasteiger partial charge in [-0.05, 0) is 6.92 Å². The summed E-state index contributed by atoms with van der Waals surface area (Å²) in [6.45, 7) is -4.14. The van der Waals surface area contributed by atoms with Crippen LogP contribution >= 0.6 is 0 Å². The molecule has 50 atom stereocenters. The van der Waals surface area contributed by atoms with Crippen LogP contribution in [0, 0.1) is 0 Å². The standard InChI is InChI=1S/C70H117N5O50/c1-16-36(88)47(99)50(102)66(109-16)107-15-30-56(45(97)31(61(106)110-30)71-17(2)83)120-64-34(74-20(5)86)46(98)54(27(12-81)116-64)121-68-53(105)58(123-70-59(49(101)40(92)25(10-79)115-70)124-62-32(72-18(3)84)43(95)37(89)22(7-76)111-62)42(94)29(118-68)14-108-69-60(125-63-33(73-19(4)85)44(96)38(90)23(8-77)112-63)52(104)55(28(13-82)117-69)119-65-35(75-21(6)87)57(41(93)26(11-80)113-65)122-67-51(103)48(100)39(91)24(9-78)114-67/h16,22-70,76-82,88-106H,7-15H2,1-6H3,(H,71,83)(H,72,84)(H,73,85)(H,74,86)(H,75,87)/t16-,22+,23+,24+,25+,26+,27+,28+,29+,30+,31+,32+,33+,34+,35+,36+,37+,38+,39-,40+,41+,42+,43+,44+,45+,46+,47+,48-,49-,50-,51+,52-,53-,54+,55+,56+,57+,58-,59-,60-,61?,62-,63-,64-,65-,66+,67-,68-,69-,70+/m0/s1. The second-order valence-corrected chi connectivity index (χ2v) is 31.7. The topological polar surface area (TPSA) is 847 Å². The number of carbonyl (C=O) groups is 5. The number of carbonyl (C=O) groups excluding carboxylic acids is 5. The Morgan fingerprint density at radius 3 is 1.01 bits per heavy atom. The van der Waals surface area contributed by atoms with Crippen LogP contribution in [0.1, 0.15) is 41.5 Å². The molecule has 722 valence electrons. The first kappa shape index (κ1) is 103. The van der Waals surface area contributed by atoms with E-state index in [1.807, 2.05) is 0 Å². The molecule has 10 saturated heterocycles. The minimum atomic E-state index is -2.63. The van der Waals surface area contributed by atoms with Gasteiger partial charge in [-0.3, -0.25) is 24.0 Å². The Bertz CT molecular complexity index is 3420. The average molecular weight is 1830 g/mol. The van der Waals surface area contributed by atoms with Crippen molar-refractivity contribution in [2.75, 3.05) is 59.5 Å². The van der Waals surface area contributed by atoms with Gasteiger partial charge in [-0.1, -0.05) is 0 Å². The smallest absolute Gasteiger partial charge is 0.217 e. The van der Waals surface area contributed by atoms with Crippen LogP contribution in [0.2, 0.25) is 0 Å². The van der Waals surface area contributed by atoms with Gasteiger partial charge in [0.1, 0.15) is 238 Å². The third-order valence-electron chi connectivity index (χ3n) is 22.8. The molecule has 10 rings (SSSR count). The SMILES string of the molecule is CC(=O)N[C@H]1[C@H](O[C@H]2[C@H](O)[C@@H](NC(C)=O)C(O)O[C@@H]2CO[C@@H]2O[C@@H](C)[C@@H](O)[C@@H](O)[C@@H]2O)O[C@H](CO)[C@@H](O[C@@H]2O[C@H](CO[C@H]3O[C@H](CO)[C@@H](O[C@@H]4O[C@H](CO)[C@@H](O)[C@H](O[C@@H]5O[C@H](CO)[C@H](O)[C@H](O)[C@H]5O)[C@H]4NC(C)=O)[C@H](O)[C@@H]3O[C@@H]3O[C@H](CO)[C@@H](O)[C@H](O)[C@H]3NC(C)=O)[C@@H](O)[C@H](O[C@H]3O[C@H](CO)[C@@H](O)[C@H](O)[C@@H]3O[C@@H]3O[C@H](CO)[C@@H](O)[C@H](O)[C@H]3NC(C)=O)[C@@H]2O)[C@@H]1O. The van der Waals surface area contributed by atoms with Crippen molar-refractivity contribution in [3.63, 3.8) is 0 Å². The number of nitrogens with one attached hydrogen (secondary N) is 5. The second kappa shape index (κ2) is 44.9. The quantitative estimate of drug-likeness (QED) is 0.0297. The molecule has 0 aromatic carbocycles. The summed E-state index contributed by atoms with van der Waals surface area (Å²) < 4.78 is 114. The van der Waals surface area contributed by atoms with E-state index in [4.69, 9.17) is 90.0 Å². The monoisotopic (exact) mass is 1830 g/mol. The highest BCUT2D eigenvalue weighted by molar-refractivity contribution is 5.75. The molecule has 55 nitrogen and oxygen atoms in total. The van der Waals surface area contributed by atoms with Crippen LogP contribution in [-0.4, -0.2) is 529 Å². The fourth-order valence-corrected chi connectivity index (χ4v) is 16.2. The Balaban J connectivity index is 1.02. The summed E-state index contributed by atoms with van der Waals surface area (Å²) in [5.74, 6) is -4.65. The molecule has 10 fully saturated rings. The van der Waals surface area contributed by atoms with Crippen molar-refractivity contribution in [2.24, 2.45) is 0 Å². The van der Waals surface area contributed by atoms with Crippen molar-refractivity contribution < 1.29 is 247 Å². The van der Waals surface area contributed by atoms with Crippen molar-refractivity contribution in [3.8, 4) is 0 Å². The lowest BCUT2D eigenvalue weighted by molar-refractivity contribution is -0.399. The molecule has 55 heteroatoms. The van der Waals surface area contributed by atoms with Gasteiger partial charge in [0, 0.05) is 34.6 Å². The molecule has 10 aliphatic rings. The van der Waals surface area contributed by atoms with E-state index in [1.54, 1.807) is 0 Å². The minimum absolute atomic E-state index is 0.850. The van der Waals surface area contributed by atoms with Crippen LogP contribution in [0.4, 0.5) is 0 Å². The Labute approximate surface area is 708 Å². The van der Waals surface area contributed by atoms with E-state index in [2.05, 4.69) is 26.6 Å². The van der Waals surface area contributed by atoms with E-state index in [0.717, 1.165) is 34.6 Å². The van der Waals surface area contributed by atoms with Crippen LogP contribution in [0.3, 0.4) is 0 Å². The summed E-state index contributed by atoms with van der Waals surface area (Å²) >= 11 is 0. The first-order chi connectivity index (χ1) is 59.1. The highest BCUT2D eigenvalue weighted by atomic mass is 16.8. The van der Waals surface area contributed by atoms with Gasteiger partial charge >= 0.3 is 0 Å². The third kappa shape index (κ3) is 23.1. The summed E-state index contributed by atoms with van der Waals surface area (Å²) in [5.41, 5.74) is 0. The number of hydrogen-bond acceptors (Lipinski definition) is 50.